The summed E-state index contributed by atoms with van der Waals surface area (Å²) in [6.07, 6.45) is 3.31. The Bertz CT molecular complexity index is 683. The van der Waals surface area contributed by atoms with Gasteiger partial charge in [-0.05, 0) is 37.3 Å². The van der Waals surface area contributed by atoms with Gasteiger partial charge in [0.1, 0.15) is 5.76 Å². The molecule has 0 saturated carbocycles. The SMILES string of the molecule is Cc1cc(CSCC(=O)N(C)[C@H]2CCCc3ccccc32)on1. The van der Waals surface area contributed by atoms with Gasteiger partial charge < -0.3 is 9.42 Å². The minimum absolute atomic E-state index is 0.174. The molecule has 0 unspecified atom stereocenters. The fraction of sp³-hybridized carbons (Fsp3) is 0.444. The lowest BCUT2D eigenvalue weighted by atomic mass is 9.87. The molecule has 0 fully saturated rings. The fourth-order valence-electron chi connectivity index (χ4n) is 3.13. The van der Waals surface area contributed by atoms with Gasteiger partial charge in [-0.1, -0.05) is 29.4 Å². The first-order chi connectivity index (χ1) is 11.1. The maximum atomic E-state index is 12.5. The van der Waals surface area contributed by atoms with E-state index in [0.717, 1.165) is 30.7 Å². The van der Waals surface area contributed by atoms with E-state index in [1.165, 1.54) is 11.1 Å². The average molecular weight is 330 g/mol. The second-order valence-corrected chi connectivity index (χ2v) is 7.02. The largest absolute Gasteiger partial charge is 0.360 e. The Morgan fingerprint density at radius 3 is 3.04 bits per heavy atom. The van der Waals surface area contributed by atoms with Crippen LogP contribution in [0.3, 0.4) is 0 Å². The number of rotatable bonds is 5. The van der Waals surface area contributed by atoms with Crippen molar-refractivity contribution in [2.24, 2.45) is 0 Å². The number of aromatic nitrogens is 1. The number of hydrogen-bond donors (Lipinski definition) is 0. The Balaban J connectivity index is 1.57. The topological polar surface area (TPSA) is 46.3 Å². The zero-order valence-corrected chi connectivity index (χ0v) is 14.4. The number of nitrogens with zero attached hydrogens (tertiary/aromatic N) is 2. The molecule has 0 bridgehead atoms. The van der Waals surface area contributed by atoms with Gasteiger partial charge in [-0.2, -0.15) is 0 Å². The number of hydrogen-bond acceptors (Lipinski definition) is 4. The van der Waals surface area contributed by atoms with E-state index in [0.29, 0.717) is 11.5 Å². The normalized spacial score (nSPS) is 16.9. The van der Waals surface area contributed by atoms with Crippen LogP contribution in [0.1, 0.15) is 41.5 Å². The zero-order valence-electron chi connectivity index (χ0n) is 13.6. The molecule has 1 aliphatic carbocycles. The quantitative estimate of drug-likeness (QED) is 0.837. The van der Waals surface area contributed by atoms with Crippen molar-refractivity contribution in [3.05, 3.63) is 52.9 Å². The first kappa shape index (κ1) is 16.1. The predicted octanol–water partition coefficient (Wildman–Crippen LogP) is 3.75. The lowest BCUT2D eigenvalue weighted by molar-refractivity contribution is -0.129. The highest BCUT2D eigenvalue weighted by Crippen LogP contribution is 2.33. The smallest absolute Gasteiger partial charge is 0.232 e. The van der Waals surface area contributed by atoms with Crippen LogP contribution in [-0.2, 0) is 17.0 Å². The number of carbonyl (C=O) groups is 1. The van der Waals surface area contributed by atoms with E-state index >= 15 is 0 Å². The zero-order chi connectivity index (χ0) is 16.2. The van der Waals surface area contributed by atoms with Gasteiger partial charge in [-0.3, -0.25) is 4.79 Å². The molecule has 0 N–H and O–H groups in total. The fourth-order valence-corrected chi connectivity index (χ4v) is 3.95. The summed E-state index contributed by atoms with van der Waals surface area (Å²) in [5, 5.41) is 3.86. The molecule has 0 spiro atoms. The molecule has 0 aliphatic heterocycles. The van der Waals surface area contributed by atoms with Gasteiger partial charge in [0.05, 0.1) is 23.2 Å². The van der Waals surface area contributed by atoms with E-state index in [1.54, 1.807) is 11.8 Å². The molecular weight excluding hydrogens is 308 g/mol. The van der Waals surface area contributed by atoms with Crippen LogP contribution in [0.2, 0.25) is 0 Å². The molecule has 122 valence electrons. The van der Waals surface area contributed by atoms with Crippen LogP contribution in [-0.4, -0.2) is 28.8 Å². The van der Waals surface area contributed by atoms with Gasteiger partial charge in [0, 0.05) is 13.1 Å². The monoisotopic (exact) mass is 330 g/mol. The van der Waals surface area contributed by atoms with Crippen molar-refractivity contribution in [2.75, 3.05) is 12.8 Å². The van der Waals surface area contributed by atoms with Crippen molar-refractivity contribution in [2.45, 2.75) is 38.0 Å². The molecule has 1 aromatic heterocycles. The lowest BCUT2D eigenvalue weighted by Crippen LogP contribution is -2.34. The van der Waals surface area contributed by atoms with Crippen LogP contribution in [0.15, 0.2) is 34.9 Å². The minimum atomic E-state index is 0.174. The Hall–Kier alpha value is -1.75. The van der Waals surface area contributed by atoms with E-state index in [-0.39, 0.29) is 11.9 Å². The molecule has 23 heavy (non-hydrogen) atoms. The molecule has 4 nitrogen and oxygen atoms in total. The first-order valence-electron chi connectivity index (χ1n) is 7.98. The number of thioether (sulfide) groups is 1. The summed E-state index contributed by atoms with van der Waals surface area (Å²) in [7, 11) is 1.92. The molecular formula is C18H22N2O2S. The predicted molar refractivity (Wildman–Crippen MR) is 92.3 cm³/mol. The van der Waals surface area contributed by atoms with Gasteiger partial charge in [0.15, 0.2) is 0 Å². The van der Waals surface area contributed by atoms with E-state index in [2.05, 4.69) is 29.4 Å². The number of fused-ring (bicyclic) bond motifs is 1. The highest BCUT2D eigenvalue weighted by molar-refractivity contribution is 7.99. The van der Waals surface area contributed by atoms with Crippen LogP contribution < -0.4 is 0 Å². The van der Waals surface area contributed by atoms with E-state index in [4.69, 9.17) is 4.52 Å². The molecule has 3 rings (SSSR count). The maximum absolute atomic E-state index is 12.5. The minimum Gasteiger partial charge on any atom is -0.360 e. The van der Waals surface area contributed by atoms with Gasteiger partial charge in [-0.25, -0.2) is 0 Å². The van der Waals surface area contributed by atoms with Gasteiger partial charge >= 0.3 is 0 Å². The molecule has 0 saturated heterocycles. The number of amides is 1. The summed E-state index contributed by atoms with van der Waals surface area (Å²) in [5.74, 6) is 2.15. The van der Waals surface area contributed by atoms with Crippen LogP contribution >= 0.6 is 11.8 Å². The van der Waals surface area contributed by atoms with E-state index < -0.39 is 0 Å². The molecule has 1 aromatic carbocycles. The summed E-state index contributed by atoms with van der Waals surface area (Å²) < 4.78 is 5.17. The van der Waals surface area contributed by atoms with Crippen LogP contribution in [0.4, 0.5) is 0 Å². The van der Waals surface area contributed by atoms with Crippen molar-refractivity contribution in [1.82, 2.24) is 10.1 Å². The van der Waals surface area contributed by atoms with Crippen molar-refractivity contribution in [1.29, 1.82) is 0 Å². The summed E-state index contributed by atoms with van der Waals surface area (Å²) >= 11 is 1.58. The second-order valence-electron chi connectivity index (χ2n) is 6.04. The Kier molecular flexibility index (Phi) is 5.06. The van der Waals surface area contributed by atoms with Gasteiger partial charge in [-0.15, -0.1) is 11.8 Å². The standard InChI is InChI=1S/C18H22N2O2S/c1-13-10-15(22-19-13)11-23-12-18(21)20(2)17-9-5-7-14-6-3-4-8-16(14)17/h3-4,6,8,10,17H,5,7,9,11-12H2,1-2H3/t17-/m0/s1. The first-order valence-corrected chi connectivity index (χ1v) is 9.14. The Labute approximate surface area is 141 Å². The molecule has 1 heterocycles. The molecule has 1 amide bonds. The highest BCUT2D eigenvalue weighted by Gasteiger charge is 2.26. The van der Waals surface area contributed by atoms with Crippen LogP contribution in [0.25, 0.3) is 0 Å². The lowest BCUT2D eigenvalue weighted by Gasteiger charge is -2.33. The summed E-state index contributed by atoms with van der Waals surface area (Å²) in [6, 6.07) is 10.6. The summed E-state index contributed by atoms with van der Waals surface area (Å²) in [6.45, 7) is 1.90. The van der Waals surface area contributed by atoms with Crippen LogP contribution in [0, 0.1) is 6.92 Å². The Morgan fingerprint density at radius 2 is 2.26 bits per heavy atom. The average Bonchev–Trinajstić information content (AvgIpc) is 2.99. The van der Waals surface area contributed by atoms with Gasteiger partial charge in [0.2, 0.25) is 5.91 Å². The van der Waals surface area contributed by atoms with Crippen molar-refractivity contribution >= 4 is 17.7 Å². The third-order valence-electron chi connectivity index (χ3n) is 4.35. The highest BCUT2D eigenvalue weighted by atomic mass is 32.2. The van der Waals surface area contributed by atoms with E-state index in [1.807, 2.05) is 24.9 Å². The van der Waals surface area contributed by atoms with Crippen molar-refractivity contribution < 1.29 is 9.32 Å². The molecule has 1 aliphatic rings. The third kappa shape index (κ3) is 3.78. The number of benzene rings is 1. The summed E-state index contributed by atoms with van der Waals surface area (Å²) in [5.41, 5.74) is 3.57. The Morgan fingerprint density at radius 1 is 1.43 bits per heavy atom. The molecule has 2 aromatic rings. The molecule has 0 radical (unpaired) electrons. The third-order valence-corrected chi connectivity index (χ3v) is 5.29. The van der Waals surface area contributed by atoms with Crippen molar-refractivity contribution in [3.8, 4) is 0 Å². The molecule has 1 atom stereocenters. The summed E-state index contributed by atoms with van der Waals surface area (Å²) in [4.78, 5) is 14.4. The van der Waals surface area contributed by atoms with Crippen molar-refractivity contribution in [3.63, 3.8) is 0 Å². The number of carbonyl (C=O) groups excluding carboxylic acids is 1. The van der Waals surface area contributed by atoms with Crippen LogP contribution in [0.5, 0.6) is 0 Å². The van der Waals surface area contributed by atoms with Gasteiger partial charge in [0.25, 0.3) is 0 Å². The molecule has 5 heteroatoms. The maximum Gasteiger partial charge on any atom is 0.232 e. The van der Waals surface area contributed by atoms with E-state index in [9.17, 15) is 4.79 Å². The second kappa shape index (κ2) is 7.21. The number of aryl methyl sites for hydroxylation is 2.